The van der Waals surface area contributed by atoms with Crippen molar-refractivity contribution < 1.29 is 0 Å². The van der Waals surface area contributed by atoms with E-state index >= 15 is 0 Å². The van der Waals surface area contributed by atoms with Gasteiger partial charge in [-0.2, -0.15) is 0 Å². The van der Waals surface area contributed by atoms with E-state index in [4.69, 9.17) is 5.73 Å². The Morgan fingerprint density at radius 2 is 1.94 bits per heavy atom. The molecule has 78 valence electrons. The summed E-state index contributed by atoms with van der Waals surface area (Å²) in [5.41, 5.74) is 7.57. The van der Waals surface area contributed by atoms with Gasteiger partial charge in [0.15, 0.2) is 11.6 Å². The molecular weight excluding hydrogens is 202 g/mol. The second-order valence-electron chi connectivity index (χ2n) is 3.39. The second kappa shape index (κ2) is 3.30. The summed E-state index contributed by atoms with van der Waals surface area (Å²) in [5.74, 6) is 1.08. The first-order valence-corrected chi connectivity index (χ1v) is 4.86. The van der Waals surface area contributed by atoms with Gasteiger partial charge in [-0.15, -0.1) is 5.10 Å². The van der Waals surface area contributed by atoms with Gasteiger partial charge in [0.2, 0.25) is 0 Å². The van der Waals surface area contributed by atoms with Crippen molar-refractivity contribution in [1.82, 2.24) is 19.6 Å². The van der Waals surface area contributed by atoms with Gasteiger partial charge in [-0.25, -0.2) is 9.50 Å². The zero-order valence-electron chi connectivity index (χ0n) is 8.41. The highest BCUT2D eigenvalue weighted by Gasteiger charge is 2.06. The monoisotopic (exact) mass is 211 g/mol. The Balaban J connectivity index is 2.25. The van der Waals surface area contributed by atoms with E-state index in [0.29, 0.717) is 11.6 Å². The van der Waals surface area contributed by atoms with Crippen LogP contribution in [0.1, 0.15) is 0 Å². The smallest absolute Gasteiger partial charge is 0.182 e. The van der Waals surface area contributed by atoms with Crippen LogP contribution in [0.25, 0.3) is 16.9 Å². The highest BCUT2D eigenvalue weighted by Crippen LogP contribution is 2.17. The van der Waals surface area contributed by atoms with Crippen molar-refractivity contribution in [3.05, 3.63) is 42.9 Å². The molecule has 0 atom stereocenters. The van der Waals surface area contributed by atoms with Crippen LogP contribution >= 0.6 is 0 Å². The Hall–Kier alpha value is -2.43. The summed E-state index contributed by atoms with van der Waals surface area (Å²) in [6.07, 6.45) is 5.25. The molecule has 0 saturated heterocycles. The van der Waals surface area contributed by atoms with E-state index in [9.17, 15) is 0 Å². The lowest BCUT2D eigenvalue weighted by Crippen LogP contribution is -2.02. The molecule has 0 bridgehead atoms. The van der Waals surface area contributed by atoms with Crippen LogP contribution in [0.4, 0.5) is 5.82 Å². The van der Waals surface area contributed by atoms with E-state index in [0.717, 1.165) is 11.1 Å². The van der Waals surface area contributed by atoms with Crippen LogP contribution < -0.4 is 5.73 Å². The van der Waals surface area contributed by atoms with E-state index in [1.165, 1.54) is 0 Å². The molecule has 16 heavy (non-hydrogen) atoms. The summed E-state index contributed by atoms with van der Waals surface area (Å²) in [6.45, 7) is 0. The molecule has 2 N–H and O–H groups in total. The Morgan fingerprint density at radius 3 is 2.75 bits per heavy atom. The van der Waals surface area contributed by atoms with Crippen LogP contribution in [0.5, 0.6) is 0 Å². The average Bonchev–Trinajstić information content (AvgIpc) is 2.79. The Morgan fingerprint density at radius 1 is 1.12 bits per heavy atom. The minimum absolute atomic E-state index is 0.479. The van der Waals surface area contributed by atoms with Crippen molar-refractivity contribution >= 4 is 11.3 Å². The number of fused-ring (bicyclic) bond motifs is 1. The SMILES string of the molecule is Nc1nc(-c2ccncc2)nn2cccc12. The predicted octanol–water partition coefficient (Wildman–Crippen LogP) is 1.37. The summed E-state index contributed by atoms with van der Waals surface area (Å²) in [7, 11) is 0. The molecule has 0 radical (unpaired) electrons. The molecular formula is C11H9N5. The van der Waals surface area contributed by atoms with Gasteiger partial charge in [-0.05, 0) is 24.3 Å². The maximum absolute atomic E-state index is 5.85. The number of nitrogens with two attached hydrogens (primary N) is 1. The topological polar surface area (TPSA) is 69.1 Å². The van der Waals surface area contributed by atoms with Gasteiger partial charge in [0.1, 0.15) is 5.52 Å². The molecule has 0 amide bonds. The third kappa shape index (κ3) is 1.30. The zero-order chi connectivity index (χ0) is 11.0. The molecule has 3 aromatic heterocycles. The van der Waals surface area contributed by atoms with Gasteiger partial charge in [-0.1, -0.05) is 0 Å². The van der Waals surface area contributed by atoms with E-state index in [-0.39, 0.29) is 0 Å². The summed E-state index contributed by atoms with van der Waals surface area (Å²) >= 11 is 0. The number of nitrogens with zero attached hydrogens (tertiary/aromatic N) is 4. The predicted molar refractivity (Wildman–Crippen MR) is 60.6 cm³/mol. The highest BCUT2D eigenvalue weighted by molar-refractivity contribution is 5.67. The molecule has 3 rings (SSSR count). The number of nitrogen functional groups attached to an aromatic ring is 1. The fourth-order valence-electron chi connectivity index (χ4n) is 1.58. The van der Waals surface area contributed by atoms with Gasteiger partial charge < -0.3 is 5.73 Å². The van der Waals surface area contributed by atoms with Crippen LogP contribution in [0.2, 0.25) is 0 Å². The zero-order valence-corrected chi connectivity index (χ0v) is 8.41. The minimum atomic E-state index is 0.479. The van der Waals surface area contributed by atoms with Crippen LogP contribution in [0, 0.1) is 0 Å². The van der Waals surface area contributed by atoms with Gasteiger partial charge in [0.05, 0.1) is 0 Å². The normalized spacial score (nSPS) is 10.8. The number of hydrogen-bond acceptors (Lipinski definition) is 4. The van der Waals surface area contributed by atoms with Crippen molar-refractivity contribution in [2.75, 3.05) is 5.73 Å². The molecule has 0 aromatic carbocycles. The average molecular weight is 211 g/mol. The van der Waals surface area contributed by atoms with Crippen molar-refractivity contribution in [2.24, 2.45) is 0 Å². The van der Waals surface area contributed by atoms with Crippen molar-refractivity contribution in [3.63, 3.8) is 0 Å². The van der Waals surface area contributed by atoms with E-state index in [2.05, 4.69) is 15.1 Å². The number of aromatic nitrogens is 4. The number of rotatable bonds is 1. The summed E-state index contributed by atoms with van der Waals surface area (Å²) in [5, 5.41) is 4.36. The van der Waals surface area contributed by atoms with Crippen molar-refractivity contribution in [1.29, 1.82) is 0 Å². The van der Waals surface area contributed by atoms with Gasteiger partial charge in [0.25, 0.3) is 0 Å². The van der Waals surface area contributed by atoms with Crippen LogP contribution in [-0.4, -0.2) is 19.6 Å². The fraction of sp³-hybridized carbons (Fsp3) is 0. The van der Waals surface area contributed by atoms with Gasteiger partial charge in [0, 0.05) is 24.2 Å². The lowest BCUT2D eigenvalue weighted by molar-refractivity contribution is 0.917. The molecule has 0 aliphatic carbocycles. The first-order chi connectivity index (χ1) is 7.84. The van der Waals surface area contributed by atoms with Crippen LogP contribution in [0.15, 0.2) is 42.9 Å². The second-order valence-corrected chi connectivity index (χ2v) is 3.39. The number of pyridine rings is 1. The Labute approximate surface area is 91.6 Å². The lowest BCUT2D eigenvalue weighted by Gasteiger charge is -2.03. The minimum Gasteiger partial charge on any atom is -0.382 e. The number of anilines is 1. The third-order valence-corrected chi connectivity index (χ3v) is 2.36. The first kappa shape index (κ1) is 8.84. The largest absolute Gasteiger partial charge is 0.382 e. The van der Waals surface area contributed by atoms with Gasteiger partial charge >= 0.3 is 0 Å². The van der Waals surface area contributed by atoms with E-state index in [1.54, 1.807) is 16.9 Å². The van der Waals surface area contributed by atoms with Gasteiger partial charge in [-0.3, -0.25) is 4.98 Å². The molecule has 0 unspecified atom stereocenters. The molecule has 3 heterocycles. The Bertz CT molecular complexity index is 629. The van der Waals surface area contributed by atoms with E-state index in [1.807, 2.05) is 30.5 Å². The third-order valence-electron chi connectivity index (χ3n) is 2.36. The lowest BCUT2D eigenvalue weighted by atomic mass is 10.2. The molecule has 0 saturated carbocycles. The quantitative estimate of drug-likeness (QED) is 0.660. The Kier molecular flexibility index (Phi) is 1.83. The maximum Gasteiger partial charge on any atom is 0.182 e. The number of hydrogen-bond donors (Lipinski definition) is 1. The van der Waals surface area contributed by atoms with Crippen LogP contribution in [0.3, 0.4) is 0 Å². The van der Waals surface area contributed by atoms with E-state index < -0.39 is 0 Å². The molecule has 5 nitrogen and oxygen atoms in total. The van der Waals surface area contributed by atoms with Crippen LogP contribution in [-0.2, 0) is 0 Å². The maximum atomic E-state index is 5.85. The van der Waals surface area contributed by atoms with Crippen molar-refractivity contribution in [2.45, 2.75) is 0 Å². The first-order valence-electron chi connectivity index (χ1n) is 4.86. The fourth-order valence-corrected chi connectivity index (χ4v) is 1.58. The van der Waals surface area contributed by atoms with Crippen molar-refractivity contribution in [3.8, 4) is 11.4 Å². The molecule has 3 aromatic rings. The summed E-state index contributed by atoms with van der Waals surface area (Å²) < 4.78 is 1.72. The molecule has 0 aliphatic heterocycles. The summed E-state index contributed by atoms with van der Waals surface area (Å²) in [4.78, 5) is 8.21. The highest BCUT2D eigenvalue weighted by atomic mass is 15.3. The molecule has 5 heteroatoms. The molecule has 0 aliphatic rings. The molecule has 0 fully saturated rings. The summed E-state index contributed by atoms with van der Waals surface area (Å²) in [6, 6.07) is 7.47. The standard InChI is InChI=1S/C11H9N5/c12-10-9-2-1-7-16(9)15-11(14-10)8-3-5-13-6-4-8/h1-7H,(H2,12,14,15). The molecule has 0 spiro atoms.